The van der Waals surface area contributed by atoms with E-state index in [2.05, 4.69) is 10.6 Å². The molecular formula is C44H51N8NaO15S2. The Morgan fingerprint density at radius 3 is 2.14 bits per heavy atom. The molecule has 2 aromatic carbocycles. The normalized spacial score (nSPS) is 27.0. The van der Waals surface area contributed by atoms with Crippen molar-refractivity contribution in [2.45, 2.75) is 66.6 Å². The topological polar surface area (TPSA) is 341 Å². The third kappa shape index (κ3) is 8.78. The Balaban J connectivity index is 0.000000227. The van der Waals surface area contributed by atoms with Crippen LogP contribution in [0.2, 0.25) is 0 Å². The van der Waals surface area contributed by atoms with E-state index in [0.29, 0.717) is 20.3 Å². The second-order valence-corrected chi connectivity index (χ2v) is 22.1. The molecule has 3 aliphatic carbocycles. The van der Waals surface area contributed by atoms with Gasteiger partial charge >= 0.3 is 41.6 Å². The maximum atomic E-state index is 13.5. The first-order valence-corrected chi connectivity index (χ1v) is 24.1. The number of benzene rings is 2. The quantitative estimate of drug-likeness (QED) is 0.0709. The maximum Gasteiger partial charge on any atom is 1.00 e. The third-order valence-electron chi connectivity index (χ3n) is 13.3. The van der Waals surface area contributed by atoms with Gasteiger partial charge in [-0.1, -0.05) is 30.3 Å². The van der Waals surface area contributed by atoms with Crippen molar-refractivity contribution in [3.8, 4) is 5.75 Å². The molecule has 0 radical (unpaired) electrons. The van der Waals surface area contributed by atoms with E-state index in [4.69, 9.17) is 5.73 Å². The molecule has 7 amide bonds. The number of carbonyl (C=O) groups excluding carboxylic acids is 8. The monoisotopic (exact) mass is 1020 g/mol. The molecule has 0 bridgehead atoms. The van der Waals surface area contributed by atoms with E-state index in [0.717, 1.165) is 11.9 Å². The zero-order valence-corrected chi connectivity index (χ0v) is 43.0. The van der Waals surface area contributed by atoms with E-state index in [-0.39, 0.29) is 72.4 Å². The van der Waals surface area contributed by atoms with Crippen molar-refractivity contribution in [3.05, 3.63) is 81.8 Å². The average Bonchev–Trinajstić information content (AvgIpc) is 3.78. The summed E-state index contributed by atoms with van der Waals surface area (Å²) in [5, 5.41) is 59.9. The molecule has 8 rings (SSSR count). The van der Waals surface area contributed by atoms with Gasteiger partial charge in [0, 0.05) is 36.0 Å². The number of Topliss-reactive ketones (excluding diaryl/α,β-unsaturated/α-hetero) is 2. The van der Waals surface area contributed by atoms with Crippen LogP contribution in [0.4, 0.5) is 15.3 Å². The Kier molecular flexibility index (Phi) is 14.7. The molecule has 0 unspecified atom stereocenters. The number of aliphatic carboxylic acids is 1. The van der Waals surface area contributed by atoms with Gasteiger partial charge in [0.15, 0.2) is 11.4 Å². The maximum absolute atomic E-state index is 13.5. The number of allylic oxidation sites excluding steroid dienone is 1. The van der Waals surface area contributed by atoms with Crippen LogP contribution in [-0.2, 0) is 40.4 Å². The third-order valence-corrected chi connectivity index (χ3v) is 16.0. The van der Waals surface area contributed by atoms with Gasteiger partial charge in [0.25, 0.3) is 5.91 Å². The summed E-state index contributed by atoms with van der Waals surface area (Å²) in [7, 11) is 2.92. The molecule has 3 saturated heterocycles. The summed E-state index contributed by atoms with van der Waals surface area (Å²) in [5.74, 6) is -9.26. The Bertz CT molecular complexity index is 2790. The molecule has 23 nitrogen and oxygen atoms in total. The number of aliphatic hydroxyl groups is 3. The van der Waals surface area contributed by atoms with Crippen LogP contribution < -0.4 is 55.9 Å². The van der Waals surface area contributed by atoms with Crippen LogP contribution in [0.3, 0.4) is 0 Å². The molecule has 0 aromatic heterocycles. The zero-order chi connectivity index (χ0) is 51.1. The van der Waals surface area contributed by atoms with E-state index in [9.17, 15) is 72.3 Å². The fourth-order valence-electron chi connectivity index (χ4n) is 10.2. The minimum absolute atomic E-state index is 0. The van der Waals surface area contributed by atoms with Gasteiger partial charge in [-0.05, 0) is 70.0 Å². The van der Waals surface area contributed by atoms with E-state index in [1.807, 2.05) is 0 Å². The Labute approximate surface area is 428 Å². The number of nitrogens with zero attached hydrogens (tertiary/aromatic N) is 5. The number of phenols is 1. The number of hydrogen-bond acceptors (Lipinski definition) is 18. The molecule has 8 atom stereocenters. The number of fused-ring (bicyclic) bond motifs is 4. The van der Waals surface area contributed by atoms with Gasteiger partial charge in [-0.15, -0.1) is 11.8 Å². The van der Waals surface area contributed by atoms with Gasteiger partial charge in [-0.3, -0.25) is 28.9 Å². The summed E-state index contributed by atoms with van der Waals surface area (Å²) >= 11 is 1.22. The van der Waals surface area contributed by atoms with Crippen molar-refractivity contribution in [2.75, 3.05) is 52.4 Å². The first-order valence-electron chi connectivity index (χ1n) is 21.4. The molecule has 0 saturated carbocycles. The zero-order valence-electron chi connectivity index (χ0n) is 39.3. The van der Waals surface area contributed by atoms with Crippen LogP contribution in [-0.4, -0.2) is 177 Å². The Morgan fingerprint density at radius 1 is 0.971 bits per heavy atom. The fourth-order valence-corrected chi connectivity index (χ4v) is 12.6. The van der Waals surface area contributed by atoms with Gasteiger partial charge in [-0.2, -0.15) is 0 Å². The fraction of sp³-hybridized carbons (Fsp3) is 0.455. The number of β-lactam (4-membered cyclic amide) rings is 1. The number of thioether (sulfide) groups is 1. The summed E-state index contributed by atoms with van der Waals surface area (Å²) in [4.78, 5) is 107. The van der Waals surface area contributed by atoms with Crippen LogP contribution >= 0.6 is 11.8 Å². The summed E-state index contributed by atoms with van der Waals surface area (Å²) in [6.07, 6.45) is 1.17. The second-order valence-electron chi connectivity index (χ2n) is 18.4. The van der Waals surface area contributed by atoms with Crippen molar-refractivity contribution in [1.29, 1.82) is 0 Å². The summed E-state index contributed by atoms with van der Waals surface area (Å²) in [6.45, 7) is 2.92. The Hall–Kier alpha value is -5.70. The van der Waals surface area contributed by atoms with Crippen molar-refractivity contribution >= 4 is 74.8 Å². The number of amides is 7. The van der Waals surface area contributed by atoms with Crippen LogP contribution in [0.15, 0.2) is 65.1 Å². The number of urea groups is 2. The van der Waals surface area contributed by atoms with Gasteiger partial charge in [0.05, 0.1) is 43.0 Å². The van der Waals surface area contributed by atoms with E-state index in [1.54, 1.807) is 83.3 Å². The van der Waals surface area contributed by atoms with Crippen LogP contribution in [0.5, 0.6) is 5.75 Å². The molecule has 70 heavy (non-hydrogen) atoms. The molecule has 26 heteroatoms. The molecule has 370 valence electrons. The standard InChI is InChI=1S/C23H27N3O7.C21H25N5O8S2.Na/c1-25(2)12-5-6-13(27)15-10(12)7-9-8-11-17(26(3)4)19(29)16(22(24)32)21(31)23(11,33)20(30)14(9)18(15)28;1-21(2)14(18(29)30)26-16(28)13(17(26)35-21)22-15(27)12(11-7-5-4-6-8-11)23-19(31)24-9-10-25(20(24)32)36(3,33)34;/h5-6,9,11,17,27,29-30,33H,7-8H2,1-4H3,(H2,24,32);4-8,12-14,17H,9-10H2,1-3H3,(H,22,27)(H,23,31)(H,29,30);/q;;+1/p-1/t9-,11-,17-,23-;12-,13-,14+,17-;/m01./s1. The number of carboxylic acids is 1. The van der Waals surface area contributed by atoms with Crippen molar-refractivity contribution in [2.24, 2.45) is 17.6 Å². The molecular weight excluding hydrogens is 968 g/mol. The predicted octanol–water partition coefficient (Wildman–Crippen LogP) is -4.38. The number of carboxylic acid groups (broad SMARTS) is 1. The number of primary amides is 1. The number of carbonyl (C=O) groups is 8. The molecule has 3 heterocycles. The van der Waals surface area contributed by atoms with Crippen molar-refractivity contribution in [3.63, 3.8) is 0 Å². The van der Waals surface area contributed by atoms with Crippen molar-refractivity contribution < 1.29 is 102 Å². The van der Waals surface area contributed by atoms with E-state index < -0.39 is 126 Å². The number of anilines is 1. The van der Waals surface area contributed by atoms with Crippen molar-refractivity contribution in [1.82, 2.24) is 29.6 Å². The molecule has 3 fully saturated rings. The molecule has 0 spiro atoms. The number of likely N-dealkylation sites (N-methyl/N-ethyl adjacent to an activating group) is 1. The predicted molar refractivity (Wildman–Crippen MR) is 242 cm³/mol. The van der Waals surface area contributed by atoms with Crippen LogP contribution in [0, 0.1) is 11.8 Å². The van der Waals surface area contributed by atoms with Crippen LogP contribution in [0.25, 0.3) is 0 Å². The number of aliphatic hydroxyl groups excluding tert-OH is 2. The average molecular weight is 1020 g/mol. The minimum Gasteiger partial charge on any atom is -0.548 e. The van der Waals surface area contributed by atoms with Crippen LogP contribution in [0.1, 0.15) is 47.8 Å². The minimum atomic E-state index is -3.87. The number of imide groups is 1. The molecule has 6 aliphatic rings. The summed E-state index contributed by atoms with van der Waals surface area (Å²) in [5.41, 5.74) is 3.38. The summed E-state index contributed by atoms with van der Waals surface area (Å²) < 4.78 is 23.2. The molecule has 8 N–H and O–H groups in total. The number of hydrogen-bond donors (Lipinski definition) is 7. The number of ketones is 2. The van der Waals surface area contributed by atoms with Gasteiger partial charge in [0.2, 0.25) is 27.6 Å². The Morgan fingerprint density at radius 2 is 1.60 bits per heavy atom. The largest absolute Gasteiger partial charge is 1.00 e. The molecule has 2 aromatic rings. The second kappa shape index (κ2) is 19.1. The number of sulfonamides is 1. The first kappa shape index (κ1) is 53.6. The number of aromatic hydroxyl groups is 1. The molecule has 3 aliphatic heterocycles. The number of nitrogens with one attached hydrogen (secondary N) is 2. The van der Waals surface area contributed by atoms with Gasteiger partial charge in [-0.25, -0.2) is 27.2 Å². The SMILES string of the molecule is CC1(C)S[C@@H]2[C@H](NC(=O)[C@H](NC(=O)N3CCN(S(C)(=O)=O)C3=O)c3ccccc3)C(=O)N2[C@H]1C(=O)[O-].CN(C)c1ccc(O)c2c1C[C@H]1C[C@H]3[C@H](N(C)C)C(O)=C(C(N)=O)C(=O)[C@@]3(O)C(O)=C1C2=O.[Na+]. The van der Waals surface area contributed by atoms with E-state index in [1.165, 1.54) is 27.6 Å². The van der Waals surface area contributed by atoms with E-state index >= 15 is 0 Å². The number of nitrogens with two attached hydrogens (primary N) is 1. The van der Waals surface area contributed by atoms with Gasteiger partial charge < -0.3 is 56.5 Å². The number of phenolic OH excluding ortho intramolecular Hbond substituents is 1. The smallest absolute Gasteiger partial charge is 0.548 e. The first-order chi connectivity index (χ1) is 32.1. The number of rotatable bonds is 9. The van der Waals surface area contributed by atoms with Gasteiger partial charge in [0.1, 0.15) is 40.3 Å². The summed E-state index contributed by atoms with van der Waals surface area (Å²) in [6, 6.07) is 4.62.